The van der Waals surface area contributed by atoms with E-state index in [1.54, 1.807) is 14.2 Å². The Balaban J connectivity index is 2.45. The number of aromatic nitrogens is 1. The van der Waals surface area contributed by atoms with Crippen LogP contribution in [0.4, 0.5) is 0 Å². The van der Waals surface area contributed by atoms with Gasteiger partial charge in [-0.1, -0.05) is 6.07 Å². The van der Waals surface area contributed by atoms with Gasteiger partial charge >= 0.3 is 0 Å². The van der Waals surface area contributed by atoms with Gasteiger partial charge in [0.05, 0.1) is 20.3 Å². The molecule has 1 heterocycles. The summed E-state index contributed by atoms with van der Waals surface area (Å²) in [5.41, 5.74) is 3.48. The summed E-state index contributed by atoms with van der Waals surface area (Å²) in [5.74, 6) is 1.47. The van der Waals surface area contributed by atoms with Crippen molar-refractivity contribution in [1.29, 1.82) is 0 Å². The first-order chi connectivity index (χ1) is 9.71. The minimum atomic E-state index is 0.0952. The van der Waals surface area contributed by atoms with E-state index >= 15 is 0 Å². The highest BCUT2D eigenvalue weighted by atomic mass is 16.5. The molecule has 0 amide bonds. The van der Waals surface area contributed by atoms with Crippen LogP contribution in [0.25, 0.3) is 0 Å². The zero-order valence-corrected chi connectivity index (χ0v) is 12.3. The van der Waals surface area contributed by atoms with Gasteiger partial charge in [0, 0.05) is 12.4 Å². The monoisotopic (exact) mass is 272 g/mol. The van der Waals surface area contributed by atoms with Gasteiger partial charge in [0.25, 0.3) is 0 Å². The van der Waals surface area contributed by atoms with Gasteiger partial charge in [-0.15, -0.1) is 0 Å². The smallest absolute Gasteiger partial charge is 0.161 e. The molecule has 0 aliphatic heterocycles. The predicted octanol–water partition coefficient (Wildman–Crippen LogP) is 2.72. The normalized spacial score (nSPS) is 12.0. The van der Waals surface area contributed by atoms with Gasteiger partial charge in [-0.25, -0.2) is 0 Å². The summed E-state index contributed by atoms with van der Waals surface area (Å²) in [5, 5.41) is 3.34. The summed E-state index contributed by atoms with van der Waals surface area (Å²) in [7, 11) is 5.23. The number of ether oxygens (including phenoxy) is 2. The van der Waals surface area contributed by atoms with Crippen molar-refractivity contribution in [2.24, 2.45) is 0 Å². The van der Waals surface area contributed by atoms with E-state index in [1.165, 1.54) is 5.56 Å². The average Bonchev–Trinajstić information content (AvgIpc) is 2.49. The lowest BCUT2D eigenvalue weighted by Gasteiger charge is -2.20. The van der Waals surface area contributed by atoms with Crippen molar-refractivity contribution in [1.82, 2.24) is 10.3 Å². The maximum absolute atomic E-state index is 5.37. The van der Waals surface area contributed by atoms with Crippen LogP contribution in [0.15, 0.2) is 36.7 Å². The topological polar surface area (TPSA) is 43.4 Å². The molecule has 0 saturated heterocycles. The summed E-state index contributed by atoms with van der Waals surface area (Å²) >= 11 is 0. The molecule has 1 atom stereocenters. The predicted molar refractivity (Wildman–Crippen MR) is 79.4 cm³/mol. The summed E-state index contributed by atoms with van der Waals surface area (Å²) in [4.78, 5) is 4.14. The molecular weight excluding hydrogens is 252 g/mol. The minimum absolute atomic E-state index is 0.0952. The summed E-state index contributed by atoms with van der Waals surface area (Å²) in [6.07, 6.45) is 3.69. The Hall–Kier alpha value is -2.07. The van der Waals surface area contributed by atoms with E-state index < -0.39 is 0 Å². The molecule has 0 saturated carbocycles. The highest BCUT2D eigenvalue weighted by molar-refractivity contribution is 5.46. The standard InChI is InChI=1S/C16H20N2O2/c1-11-10-18-8-7-13(11)16(17-2)12-5-6-14(19-3)15(9-12)20-4/h5-10,16-17H,1-4H3. The van der Waals surface area contributed by atoms with Crippen LogP contribution in [-0.4, -0.2) is 26.3 Å². The van der Waals surface area contributed by atoms with E-state index in [0.717, 1.165) is 22.6 Å². The molecule has 1 aromatic heterocycles. The molecule has 1 N–H and O–H groups in total. The number of hydrogen-bond donors (Lipinski definition) is 1. The van der Waals surface area contributed by atoms with Gasteiger partial charge in [0.15, 0.2) is 11.5 Å². The molecule has 1 unspecified atom stereocenters. The molecule has 0 fully saturated rings. The molecule has 4 nitrogen and oxygen atoms in total. The molecule has 0 radical (unpaired) electrons. The second kappa shape index (κ2) is 6.39. The van der Waals surface area contributed by atoms with Crippen LogP contribution in [0.2, 0.25) is 0 Å². The number of benzene rings is 1. The molecule has 4 heteroatoms. The second-order valence-electron chi connectivity index (χ2n) is 4.57. The fraction of sp³-hybridized carbons (Fsp3) is 0.312. The third kappa shape index (κ3) is 2.75. The van der Waals surface area contributed by atoms with E-state index in [9.17, 15) is 0 Å². The summed E-state index contributed by atoms with van der Waals surface area (Å²) < 4.78 is 10.7. The first-order valence-electron chi connectivity index (χ1n) is 6.51. The molecule has 1 aromatic carbocycles. The van der Waals surface area contributed by atoms with Crippen LogP contribution in [0.1, 0.15) is 22.7 Å². The molecule has 2 rings (SSSR count). The lowest BCUT2D eigenvalue weighted by Crippen LogP contribution is -2.18. The van der Waals surface area contributed by atoms with Crippen molar-refractivity contribution >= 4 is 0 Å². The lowest BCUT2D eigenvalue weighted by atomic mass is 9.96. The van der Waals surface area contributed by atoms with Crippen LogP contribution < -0.4 is 14.8 Å². The Kier molecular flexibility index (Phi) is 4.58. The highest BCUT2D eigenvalue weighted by Crippen LogP contribution is 2.32. The van der Waals surface area contributed by atoms with E-state index in [0.29, 0.717) is 0 Å². The third-order valence-electron chi connectivity index (χ3n) is 3.40. The quantitative estimate of drug-likeness (QED) is 0.909. The van der Waals surface area contributed by atoms with Crippen LogP contribution >= 0.6 is 0 Å². The molecule has 0 spiro atoms. The summed E-state index contributed by atoms with van der Waals surface area (Å²) in [6, 6.07) is 8.10. The third-order valence-corrected chi connectivity index (χ3v) is 3.40. The largest absolute Gasteiger partial charge is 0.493 e. The molecule has 0 bridgehead atoms. The Morgan fingerprint density at radius 3 is 2.45 bits per heavy atom. The van der Waals surface area contributed by atoms with Crippen molar-refractivity contribution in [3.63, 3.8) is 0 Å². The summed E-state index contributed by atoms with van der Waals surface area (Å²) in [6.45, 7) is 2.06. The maximum Gasteiger partial charge on any atom is 0.161 e. The molecule has 0 aliphatic rings. The highest BCUT2D eigenvalue weighted by Gasteiger charge is 2.16. The van der Waals surface area contributed by atoms with Crippen molar-refractivity contribution in [3.05, 3.63) is 53.3 Å². The van der Waals surface area contributed by atoms with Crippen LogP contribution in [0, 0.1) is 6.92 Å². The average molecular weight is 272 g/mol. The van der Waals surface area contributed by atoms with Crippen molar-refractivity contribution in [3.8, 4) is 11.5 Å². The zero-order valence-electron chi connectivity index (χ0n) is 12.3. The number of aryl methyl sites for hydroxylation is 1. The number of pyridine rings is 1. The Morgan fingerprint density at radius 2 is 1.85 bits per heavy atom. The van der Waals surface area contributed by atoms with Gasteiger partial charge in [0.2, 0.25) is 0 Å². The molecule has 106 valence electrons. The van der Waals surface area contributed by atoms with E-state index in [2.05, 4.69) is 17.2 Å². The Morgan fingerprint density at radius 1 is 1.10 bits per heavy atom. The Labute approximate surface area is 119 Å². The lowest BCUT2D eigenvalue weighted by molar-refractivity contribution is 0.354. The first-order valence-corrected chi connectivity index (χ1v) is 6.51. The van der Waals surface area contributed by atoms with Gasteiger partial charge in [-0.05, 0) is 48.9 Å². The van der Waals surface area contributed by atoms with Gasteiger partial charge in [0.1, 0.15) is 0 Å². The van der Waals surface area contributed by atoms with Crippen molar-refractivity contribution in [2.75, 3.05) is 21.3 Å². The van der Waals surface area contributed by atoms with Crippen LogP contribution in [0.5, 0.6) is 11.5 Å². The van der Waals surface area contributed by atoms with Crippen LogP contribution in [-0.2, 0) is 0 Å². The number of nitrogens with one attached hydrogen (secondary N) is 1. The maximum atomic E-state index is 5.37. The van der Waals surface area contributed by atoms with Crippen LogP contribution in [0.3, 0.4) is 0 Å². The SMILES string of the molecule is CNC(c1ccc(OC)c(OC)c1)c1ccncc1C. The minimum Gasteiger partial charge on any atom is -0.493 e. The number of methoxy groups -OCH3 is 2. The molecule has 2 aromatic rings. The van der Waals surface area contributed by atoms with Crippen molar-refractivity contribution in [2.45, 2.75) is 13.0 Å². The fourth-order valence-electron chi connectivity index (χ4n) is 2.34. The second-order valence-corrected chi connectivity index (χ2v) is 4.57. The molecule has 0 aliphatic carbocycles. The van der Waals surface area contributed by atoms with Gasteiger partial charge < -0.3 is 14.8 Å². The zero-order chi connectivity index (χ0) is 14.5. The number of rotatable bonds is 5. The van der Waals surface area contributed by atoms with Gasteiger partial charge in [-0.2, -0.15) is 0 Å². The fourth-order valence-corrected chi connectivity index (χ4v) is 2.34. The van der Waals surface area contributed by atoms with E-state index in [1.807, 2.05) is 43.7 Å². The Bertz CT molecular complexity index is 584. The number of nitrogens with zero attached hydrogens (tertiary/aromatic N) is 1. The number of hydrogen-bond acceptors (Lipinski definition) is 4. The van der Waals surface area contributed by atoms with E-state index in [-0.39, 0.29) is 6.04 Å². The van der Waals surface area contributed by atoms with E-state index in [4.69, 9.17) is 9.47 Å². The molecular formula is C16H20N2O2. The van der Waals surface area contributed by atoms with Gasteiger partial charge in [-0.3, -0.25) is 4.98 Å². The van der Waals surface area contributed by atoms with Crippen molar-refractivity contribution < 1.29 is 9.47 Å². The first kappa shape index (κ1) is 14.3. The molecule has 20 heavy (non-hydrogen) atoms.